The highest BCUT2D eigenvalue weighted by Gasteiger charge is 2.18. The Balaban J connectivity index is 1.99. The van der Waals surface area contributed by atoms with Crippen molar-refractivity contribution in [2.75, 3.05) is 16.8 Å². The zero-order chi connectivity index (χ0) is 13.1. The summed E-state index contributed by atoms with van der Waals surface area (Å²) in [5.41, 5.74) is 2.53. The van der Waals surface area contributed by atoms with E-state index in [2.05, 4.69) is 38.4 Å². The molecule has 0 radical (unpaired) electrons. The van der Waals surface area contributed by atoms with E-state index >= 15 is 0 Å². The molecule has 0 spiro atoms. The van der Waals surface area contributed by atoms with E-state index in [-0.39, 0.29) is 0 Å². The second kappa shape index (κ2) is 4.94. The number of aryl methyl sites for hydroxylation is 1. The number of benzene rings is 1. The number of hydrogen-bond acceptors (Lipinski definition) is 5. The highest BCUT2D eigenvalue weighted by Crippen LogP contribution is 2.32. The predicted molar refractivity (Wildman–Crippen MR) is 73.0 cm³/mol. The number of hydrogen-bond donors (Lipinski definition) is 1. The number of aromatic nitrogens is 2. The molecular formula is C14H13N5. The molecule has 1 aromatic carbocycles. The molecule has 2 heterocycles. The van der Waals surface area contributed by atoms with Gasteiger partial charge in [0, 0.05) is 18.3 Å². The number of nitrogens with zero attached hydrogens (tertiary/aromatic N) is 4. The predicted octanol–water partition coefficient (Wildman–Crippen LogP) is 2.45. The maximum Gasteiger partial charge on any atom is 0.182 e. The SMILES string of the molecule is N#CNc1cc(N2CCCc3ccccc32)ncn1. The Morgan fingerprint density at radius 2 is 2.16 bits per heavy atom. The zero-order valence-corrected chi connectivity index (χ0v) is 10.4. The molecule has 1 aliphatic heterocycles. The lowest BCUT2D eigenvalue weighted by molar-refractivity contribution is 0.758. The molecule has 0 unspecified atom stereocenters. The Kier molecular flexibility index (Phi) is 2.99. The average Bonchev–Trinajstić information content (AvgIpc) is 2.47. The number of nitriles is 1. The van der Waals surface area contributed by atoms with Crippen LogP contribution >= 0.6 is 0 Å². The molecular weight excluding hydrogens is 238 g/mol. The molecule has 0 fully saturated rings. The van der Waals surface area contributed by atoms with Gasteiger partial charge in [0.05, 0.1) is 0 Å². The van der Waals surface area contributed by atoms with Crippen molar-refractivity contribution in [3.63, 3.8) is 0 Å². The van der Waals surface area contributed by atoms with E-state index in [1.807, 2.05) is 12.3 Å². The van der Waals surface area contributed by atoms with Crippen molar-refractivity contribution in [2.45, 2.75) is 12.8 Å². The van der Waals surface area contributed by atoms with Crippen LogP contribution in [0.3, 0.4) is 0 Å². The Morgan fingerprint density at radius 1 is 1.26 bits per heavy atom. The van der Waals surface area contributed by atoms with E-state index in [0.717, 1.165) is 25.2 Å². The van der Waals surface area contributed by atoms with Crippen molar-refractivity contribution in [1.82, 2.24) is 9.97 Å². The molecule has 0 bridgehead atoms. The van der Waals surface area contributed by atoms with E-state index in [1.165, 1.54) is 17.6 Å². The standard InChI is InChI=1S/C14H13N5/c15-9-16-13-8-14(18-10-17-13)19-7-3-5-11-4-1-2-6-12(11)19/h1-2,4,6,8,10H,3,5,7H2,(H,16,17,18). The van der Waals surface area contributed by atoms with Crippen molar-refractivity contribution in [3.8, 4) is 6.19 Å². The van der Waals surface area contributed by atoms with Gasteiger partial charge >= 0.3 is 0 Å². The molecule has 0 amide bonds. The minimum atomic E-state index is 0.524. The van der Waals surface area contributed by atoms with Gasteiger partial charge in [0.25, 0.3) is 0 Å². The molecule has 0 saturated heterocycles. The summed E-state index contributed by atoms with van der Waals surface area (Å²) in [7, 11) is 0. The van der Waals surface area contributed by atoms with Crippen LogP contribution in [0.25, 0.3) is 0 Å². The second-order valence-corrected chi connectivity index (χ2v) is 4.38. The molecule has 5 heteroatoms. The fourth-order valence-corrected chi connectivity index (χ4v) is 2.39. The summed E-state index contributed by atoms with van der Waals surface area (Å²) in [4.78, 5) is 10.5. The zero-order valence-electron chi connectivity index (χ0n) is 10.4. The van der Waals surface area contributed by atoms with Crippen LogP contribution in [0.4, 0.5) is 17.3 Å². The summed E-state index contributed by atoms with van der Waals surface area (Å²) in [6.45, 7) is 0.931. The average molecular weight is 251 g/mol. The van der Waals surface area contributed by atoms with Gasteiger partial charge in [-0.25, -0.2) is 9.97 Å². The van der Waals surface area contributed by atoms with E-state index in [9.17, 15) is 0 Å². The third kappa shape index (κ3) is 2.20. The largest absolute Gasteiger partial charge is 0.326 e. The molecule has 1 aromatic heterocycles. The summed E-state index contributed by atoms with van der Waals surface area (Å²) in [6, 6.07) is 10.1. The van der Waals surface area contributed by atoms with Crippen molar-refractivity contribution in [2.24, 2.45) is 0 Å². The first-order chi connectivity index (χ1) is 9.38. The van der Waals surface area contributed by atoms with Crippen LogP contribution in [0.1, 0.15) is 12.0 Å². The van der Waals surface area contributed by atoms with Crippen LogP contribution in [-0.2, 0) is 6.42 Å². The van der Waals surface area contributed by atoms with E-state index in [0.29, 0.717) is 5.82 Å². The van der Waals surface area contributed by atoms with Crippen molar-refractivity contribution >= 4 is 17.3 Å². The van der Waals surface area contributed by atoms with Gasteiger partial charge in [-0.2, -0.15) is 5.26 Å². The fourth-order valence-electron chi connectivity index (χ4n) is 2.39. The lowest BCUT2D eigenvalue weighted by Gasteiger charge is -2.30. The van der Waals surface area contributed by atoms with E-state index in [1.54, 1.807) is 6.07 Å². The fraction of sp³-hybridized carbons (Fsp3) is 0.214. The highest BCUT2D eigenvalue weighted by atomic mass is 15.2. The van der Waals surface area contributed by atoms with Gasteiger partial charge in [-0.15, -0.1) is 0 Å². The third-order valence-electron chi connectivity index (χ3n) is 3.22. The first-order valence-corrected chi connectivity index (χ1v) is 6.21. The van der Waals surface area contributed by atoms with Gasteiger partial charge in [-0.3, -0.25) is 5.32 Å². The lowest BCUT2D eigenvalue weighted by Crippen LogP contribution is -2.25. The highest BCUT2D eigenvalue weighted by molar-refractivity contribution is 5.66. The smallest absolute Gasteiger partial charge is 0.182 e. The normalized spacial score (nSPS) is 13.5. The van der Waals surface area contributed by atoms with Gasteiger partial charge in [0.1, 0.15) is 18.0 Å². The molecule has 94 valence electrons. The molecule has 1 aliphatic rings. The first kappa shape index (κ1) is 11.5. The molecule has 0 atom stereocenters. The molecule has 0 aliphatic carbocycles. The summed E-state index contributed by atoms with van der Waals surface area (Å²) < 4.78 is 0. The summed E-state index contributed by atoms with van der Waals surface area (Å²) in [6.07, 6.45) is 5.55. The van der Waals surface area contributed by atoms with E-state index < -0.39 is 0 Å². The number of anilines is 3. The summed E-state index contributed by atoms with van der Waals surface area (Å²) in [5, 5.41) is 11.2. The third-order valence-corrected chi connectivity index (χ3v) is 3.22. The summed E-state index contributed by atoms with van der Waals surface area (Å²) >= 11 is 0. The Morgan fingerprint density at radius 3 is 3.05 bits per heavy atom. The van der Waals surface area contributed by atoms with Crippen molar-refractivity contribution < 1.29 is 0 Å². The maximum atomic E-state index is 8.64. The minimum Gasteiger partial charge on any atom is -0.326 e. The molecule has 1 N–H and O–H groups in total. The van der Waals surface area contributed by atoms with Crippen LogP contribution < -0.4 is 10.2 Å². The van der Waals surface area contributed by atoms with Crippen LogP contribution in [0.2, 0.25) is 0 Å². The van der Waals surface area contributed by atoms with Gasteiger partial charge in [0.2, 0.25) is 0 Å². The van der Waals surface area contributed by atoms with Crippen LogP contribution in [-0.4, -0.2) is 16.5 Å². The Labute approximate surface area is 111 Å². The minimum absolute atomic E-state index is 0.524. The van der Waals surface area contributed by atoms with Crippen molar-refractivity contribution in [1.29, 1.82) is 5.26 Å². The van der Waals surface area contributed by atoms with Gasteiger partial charge in [-0.1, -0.05) is 18.2 Å². The number of nitrogens with one attached hydrogen (secondary N) is 1. The maximum absolute atomic E-state index is 8.64. The quantitative estimate of drug-likeness (QED) is 0.656. The topological polar surface area (TPSA) is 64.8 Å². The number of para-hydroxylation sites is 1. The Hall–Kier alpha value is -2.61. The second-order valence-electron chi connectivity index (χ2n) is 4.38. The van der Waals surface area contributed by atoms with Gasteiger partial charge in [-0.05, 0) is 24.5 Å². The molecule has 2 aromatic rings. The van der Waals surface area contributed by atoms with Gasteiger partial charge < -0.3 is 4.90 Å². The Bertz CT molecular complexity index is 632. The summed E-state index contributed by atoms with van der Waals surface area (Å²) in [5.74, 6) is 1.34. The van der Waals surface area contributed by atoms with E-state index in [4.69, 9.17) is 5.26 Å². The lowest BCUT2D eigenvalue weighted by atomic mass is 10.0. The number of rotatable bonds is 2. The first-order valence-electron chi connectivity index (χ1n) is 6.21. The molecule has 19 heavy (non-hydrogen) atoms. The van der Waals surface area contributed by atoms with Crippen LogP contribution in [0.15, 0.2) is 36.7 Å². The van der Waals surface area contributed by atoms with Crippen LogP contribution in [0.5, 0.6) is 0 Å². The van der Waals surface area contributed by atoms with Crippen LogP contribution in [0, 0.1) is 11.5 Å². The van der Waals surface area contributed by atoms with Crippen molar-refractivity contribution in [3.05, 3.63) is 42.2 Å². The monoisotopic (exact) mass is 251 g/mol. The molecule has 3 rings (SSSR count). The molecule has 5 nitrogen and oxygen atoms in total. The van der Waals surface area contributed by atoms with Gasteiger partial charge in [0.15, 0.2) is 6.19 Å². The number of fused-ring (bicyclic) bond motifs is 1. The molecule has 0 saturated carbocycles.